The Balaban J connectivity index is 1.76. The van der Waals surface area contributed by atoms with Crippen LogP contribution in [0.25, 0.3) is 10.9 Å². The highest BCUT2D eigenvalue weighted by atomic mass is 35.5. The fourth-order valence-corrected chi connectivity index (χ4v) is 2.99. The molecule has 4 nitrogen and oxygen atoms in total. The number of aryl methyl sites for hydroxylation is 2. The van der Waals surface area contributed by atoms with Crippen LogP contribution in [0.3, 0.4) is 0 Å². The normalized spacial score (nSPS) is 11.8. The zero-order valence-corrected chi connectivity index (χ0v) is 16.1. The molecule has 3 rings (SSSR count). The third-order valence-electron chi connectivity index (χ3n) is 4.21. The second-order valence-corrected chi connectivity index (χ2v) is 7.15. The average Bonchev–Trinajstić information content (AvgIpc) is 2.96. The second-order valence-electron chi connectivity index (χ2n) is 6.75. The molecular formula is C20H20ClF2N3O. The van der Waals surface area contributed by atoms with Gasteiger partial charge in [0.2, 0.25) is 5.88 Å². The highest BCUT2D eigenvalue weighted by molar-refractivity contribution is 6.35. The summed E-state index contributed by atoms with van der Waals surface area (Å²) in [5.41, 5.74) is 3.19. The van der Waals surface area contributed by atoms with Gasteiger partial charge in [-0.1, -0.05) is 18.2 Å². The molecule has 0 radical (unpaired) electrons. The summed E-state index contributed by atoms with van der Waals surface area (Å²) in [6.45, 7) is 8.00. The summed E-state index contributed by atoms with van der Waals surface area (Å²) in [6, 6.07) is 5.72. The van der Waals surface area contributed by atoms with Gasteiger partial charge in [-0.2, -0.15) is 13.9 Å². The lowest BCUT2D eigenvalue weighted by Crippen LogP contribution is -2.27. The third kappa shape index (κ3) is 4.27. The molecule has 0 unspecified atom stereocenters. The Labute approximate surface area is 161 Å². The molecule has 142 valence electrons. The van der Waals surface area contributed by atoms with Gasteiger partial charge in [-0.3, -0.25) is 4.68 Å². The summed E-state index contributed by atoms with van der Waals surface area (Å²) in [6.07, 6.45) is 3.48. The minimum absolute atomic E-state index is 0.184. The predicted molar refractivity (Wildman–Crippen MR) is 103 cm³/mol. The van der Waals surface area contributed by atoms with Gasteiger partial charge in [0, 0.05) is 23.3 Å². The van der Waals surface area contributed by atoms with Gasteiger partial charge in [0.15, 0.2) is 6.61 Å². The molecule has 2 aromatic heterocycles. The average molecular weight is 392 g/mol. The quantitative estimate of drug-likeness (QED) is 0.532. The van der Waals surface area contributed by atoms with Crippen LogP contribution in [0.5, 0.6) is 5.88 Å². The second kappa shape index (κ2) is 7.27. The van der Waals surface area contributed by atoms with Gasteiger partial charge in [-0.25, -0.2) is 4.98 Å². The zero-order valence-electron chi connectivity index (χ0n) is 15.4. The molecule has 3 aromatic rings. The van der Waals surface area contributed by atoms with E-state index in [4.69, 9.17) is 16.3 Å². The molecule has 0 spiro atoms. The number of nitrogens with zero attached hydrogens (tertiary/aromatic N) is 3. The van der Waals surface area contributed by atoms with E-state index in [9.17, 15) is 8.78 Å². The number of halogens is 3. The summed E-state index contributed by atoms with van der Waals surface area (Å²) in [7, 11) is 0. The first-order valence-electron chi connectivity index (χ1n) is 8.41. The first-order valence-corrected chi connectivity index (χ1v) is 8.79. The lowest BCUT2D eigenvalue weighted by atomic mass is 10.2. The Morgan fingerprint density at radius 2 is 2.04 bits per heavy atom. The molecule has 0 aliphatic rings. The van der Waals surface area contributed by atoms with E-state index in [-0.39, 0.29) is 11.5 Å². The Morgan fingerprint density at radius 3 is 2.70 bits per heavy atom. The number of ether oxygens (including phenoxy) is 1. The van der Waals surface area contributed by atoms with Crippen LogP contribution in [0.4, 0.5) is 8.78 Å². The van der Waals surface area contributed by atoms with Crippen molar-refractivity contribution in [2.45, 2.75) is 33.2 Å². The van der Waals surface area contributed by atoms with Crippen LogP contribution in [-0.2, 0) is 6.54 Å². The molecule has 0 fully saturated rings. The maximum absolute atomic E-state index is 13.6. The number of benzene rings is 1. The van der Waals surface area contributed by atoms with Crippen LogP contribution in [0, 0.1) is 13.8 Å². The predicted octanol–water partition coefficient (Wildman–Crippen LogP) is 5.34. The van der Waals surface area contributed by atoms with E-state index >= 15 is 0 Å². The zero-order chi connectivity index (χ0) is 19.8. The van der Waals surface area contributed by atoms with Gasteiger partial charge in [-0.05, 0) is 55.7 Å². The number of fused-ring (bicyclic) bond motifs is 1. The van der Waals surface area contributed by atoms with Gasteiger partial charge < -0.3 is 4.74 Å². The Hall–Kier alpha value is -2.47. The van der Waals surface area contributed by atoms with Gasteiger partial charge >= 0.3 is 5.92 Å². The fourth-order valence-electron chi connectivity index (χ4n) is 2.67. The molecule has 27 heavy (non-hydrogen) atoms. The number of hydrogen-bond donors (Lipinski definition) is 0. The van der Waals surface area contributed by atoms with E-state index < -0.39 is 12.5 Å². The van der Waals surface area contributed by atoms with Crippen molar-refractivity contribution in [1.82, 2.24) is 14.8 Å². The Kier molecular flexibility index (Phi) is 5.20. The summed E-state index contributed by atoms with van der Waals surface area (Å²) in [5, 5.41) is 6.08. The molecular weight excluding hydrogens is 372 g/mol. The number of hydrogen-bond acceptors (Lipinski definition) is 3. The van der Waals surface area contributed by atoms with E-state index in [2.05, 4.69) is 16.7 Å². The molecule has 0 saturated heterocycles. The van der Waals surface area contributed by atoms with E-state index in [1.165, 1.54) is 6.92 Å². The van der Waals surface area contributed by atoms with Gasteiger partial charge in [-0.15, -0.1) is 0 Å². The number of aromatic nitrogens is 3. The third-order valence-corrected chi connectivity index (χ3v) is 4.53. The van der Waals surface area contributed by atoms with Crippen molar-refractivity contribution >= 4 is 22.5 Å². The van der Waals surface area contributed by atoms with Crippen LogP contribution in [0.15, 0.2) is 42.7 Å². The monoisotopic (exact) mass is 391 g/mol. The molecule has 0 amide bonds. The maximum Gasteiger partial charge on any atom is 0.302 e. The fraction of sp³-hybridized carbons (Fsp3) is 0.300. The summed E-state index contributed by atoms with van der Waals surface area (Å²) in [4.78, 5) is 4.17. The summed E-state index contributed by atoms with van der Waals surface area (Å²) >= 11 is 6.27. The van der Waals surface area contributed by atoms with Crippen LogP contribution in [0.1, 0.15) is 23.6 Å². The number of rotatable bonds is 6. The van der Waals surface area contributed by atoms with Crippen molar-refractivity contribution in [3.63, 3.8) is 0 Å². The highest BCUT2D eigenvalue weighted by Crippen LogP contribution is 2.26. The van der Waals surface area contributed by atoms with Gasteiger partial charge in [0.25, 0.3) is 0 Å². The lowest BCUT2D eigenvalue weighted by molar-refractivity contribution is -0.00716. The van der Waals surface area contributed by atoms with Crippen molar-refractivity contribution < 1.29 is 13.5 Å². The van der Waals surface area contributed by atoms with Gasteiger partial charge in [0.1, 0.15) is 0 Å². The van der Waals surface area contributed by atoms with Crippen molar-refractivity contribution in [2.75, 3.05) is 6.61 Å². The topological polar surface area (TPSA) is 39.9 Å². The SMILES string of the molecule is C=C(C)C(F)(F)COc1ncc(Cn2cc3c(Cl)cc(C)cc3n2)cc1C. The van der Waals surface area contributed by atoms with Crippen LogP contribution >= 0.6 is 11.6 Å². The largest absolute Gasteiger partial charge is 0.471 e. The molecule has 0 bridgehead atoms. The summed E-state index contributed by atoms with van der Waals surface area (Å²) in [5.74, 6) is -2.90. The first-order chi connectivity index (χ1) is 12.7. The first kappa shape index (κ1) is 19.3. The molecule has 0 N–H and O–H groups in total. The maximum atomic E-state index is 13.6. The van der Waals surface area contributed by atoms with Gasteiger partial charge in [0.05, 0.1) is 17.1 Å². The van der Waals surface area contributed by atoms with Crippen molar-refractivity contribution in [3.05, 3.63) is 64.5 Å². The van der Waals surface area contributed by atoms with Crippen LogP contribution < -0.4 is 4.74 Å². The van der Waals surface area contributed by atoms with Crippen LogP contribution in [0.2, 0.25) is 5.02 Å². The molecule has 0 atom stereocenters. The van der Waals surface area contributed by atoms with Crippen molar-refractivity contribution in [1.29, 1.82) is 0 Å². The number of alkyl halides is 2. The van der Waals surface area contributed by atoms with Crippen molar-refractivity contribution in [2.24, 2.45) is 0 Å². The molecule has 0 aliphatic carbocycles. The van der Waals surface area contributed by atoms with Crippen LogP contribution in [-0.4, -0.2) is 27.3 Å². The Bertz CT molecular complexity index is 1010. The minimum Gasteiger partial charge on any atom is -0.471 e. The van der Waals surface area contributed by atoms with E-state index in [1.807, 2.05) is 31.3 Å². The molecule has 7 heteroatoms. The lowest BCUT2D eigenvalue weighted by Gasteiger charge is -2.17. The molecule has 1 aromatic carbocycles. The van der Waals surface area contributed by atoms with Crippen molar-refractivity contribution in [3.8, 4) is 5.88 Å². The van der Waals surface area contributed by atoms with E-state index in [0.717, 1.165) is 22.0 Å². The highest BCUT2D eigenvalue weighted by Gasteiger charge is 2.31. The molecule has 0 aliphatic heterocycles. The smallest absolute Gasteiger partial charge is 0.302 e. The Morgan fingerprint density at radius 1 is 1.30 bits per heavy atom. The van der Waals surface area contributed by atoms with E-state index in [1.54, 1.807) is 17.8 Å². The minimum atomic E-state index is -3.08. The molecule has 2 heterocycles. The molecule has 0 saturated carbocycles. The van der Waals surface area contributed by atoms with E-state index in [0.29, 0.717) is 17.1 Å². The number of pyridine rings is 1. The summed E-state index contributed by atoms with van der Waals surface area (Å²) < 4.78 is 34.2. The standard InChI is InChI=1S/C20H20ClF2N3O/c1-12(2)20(22,23)11-27-19-14(4)7-15(8-24-19)9-26-10-16-17(21)5-13(3)6-18(16)25-26/h5-8,10H,1,9,11H2,2-4H3.